The van der Waals surface area contributed by atoms with E-state index < -0.39 is 0 Å². The normalized spacial score (nSPS) is 23.1. The van der Waals surface area contributed by atoms with Crippen molar-refractivity contribution >= 4 is 5.91 Å². The number of nitrogens with zero attached hydrogens (tertiary/aromatic N) is 3. The highest BCUT2D eigenvalue weighted by Crippen LogP contribution is 2.41. The number of β-amino-alcohol motifs (C(OH)–C–C–N with tert-alkyl or cyclic N) is 1. The van der Waals surface area contributed by atoms with E-state index in [2.05, 4.69) is 15.1 Å². The summed E-state index contributed by atoms with van der Waals surface area (Å²) >= 11 is 0. The van der Waals surface area contributed by atoms with Crippen molar-refractivity contribution in [2.75, 3.05) is 39.3 Å². The summed E-state index contributed by atoms with van der Waals surface area (Å²) in [5, 5.41) is 27.5. The van der Waals surface area contributed by atoms with Gasteiger partial charge < -0.3 is 20.0 Å². The molecule has 0 radical (unpaired) electrons. The van der Waals surface area contributed by atoms with Gasteiger partial charge in [0.2, 0.25) is 5.91 Å². The molecule has 0 bridgehead atoms. The Bertz CT molecular complexity index is 650. The number of likely N-dealkylation sites (tertiary alicyclic amines) is 1. The topological polar surface area (TPSA) is 92.7 Å². The summed E-state index contributed by atoms with van der Waals surface area (Å²) in [7, 11) is 0. The second kappa shape index (κ2) is 8.29. The van der Waals surface area contributed by atoms with Gasteiger partial charge in [-0.25, -0.2) is 0 Å². The number of rotatable bonds is 6. The third-order valence-electron chi connectivity index (χ3n) is 6.51. The fraction of sp³-hybridized carbons (Fsp3) is 0.800. The zero-order valence-corrected chi connectivity index (χ0v) is 16.1. The lowest BCUT2D eigenvalue weighted by Gasteiger charge is -2.36. The maximum atomic E-state index is 11.9. The lowest BCUT2D eigenvalue weighted by Crippen LogP contribution is -2.44. The van der Waals surface area contributed by atoms with Gasteiger partial charge in [-0.3, -0.25) is 9.89 Å². The zero-order chi connectivity index (χ0) is 18.8. The van der Waals surface area contributed by atoms with E-state index in [9.17, 15) is 9.90 Å². The van der Waals surface area contributed by atoms with Crippen LogP contribution in [0.5, 0.6) is 0 Å². The Morgan fingerprint density at radius 3 is 2.59 bits per heavy atom. The maximum Gasteiger partial charge on any atom is 0.224 e. The van der Waals surface area contributed by atoms with Gasteiger partial charge >= 0.3 is 0 Å². The number of carbonyl (C=O) groups is 1. The first-order valence-electron chi connectivity index (χ1n) is 10.5. The van der Waals surface area contributed by atoms with Gasteiger partial charge in [0.05, 0.1) is 18.4 Å². The quantitative estimate of drug-likeness (QED) is 0.679. The highest BCUT2D eigenvalue weighted by molar-refractivity contribution is 5.76. The molecular weight excluding hydrogens is 344 g/mol. The smallest absolute Gasteiger partial charge is 0.224 e. The molecule has 3 aliphatic rings. The number of piperidine rings is 1. The van der Waals surface area contributed by atoms with Crippen LogP contribution in [-0.4, -0.2) is 81.6 Å². The SMILES string of the molecule is O=C(CCO)N1CCC(C(O)CN2CCc3[nH]nc(C4CC4)c3CC2)CC1. The van der Waals surface area contributed by atoms with Gasteiger partial charge in [-0.05, 0) is 43.6 Å². The molecule has 1 unspecified atom stereocenters. The minimum absolute atomic E-state index is 0.0270. The van der Waals surface area contributed by atoms with E-state index in [1.165, 1.54) is 29.8 Å². The first-order chi connectivity index (χ1) is 13.2. The first kappa shape index (κ1) is 18.9. The molecule has 1 aromatic rings. The molecule has 3 heterocycles. The van der Waals surface area contributed by atoms with Gasteiger partial charge in [-0.2, -0.15) is 5.10 Å². The van der Waals surface area contributed by atoms with Crippen LogP contribution in [0, 0.1) is 5.92 Å². The van der Waals surface area contributed by atoms with Gasteiger partial charge in [-0.1, -0.05) is 0 Å². The molecule has 2 fully saturated rings. The molecule has 0 aromatic carbocycles. The van der Waals surface area contributed by atoms with Crippen LogP contribution in [-0.2, 0) is 17.6 Å². The summed E-state index contributed by atoms with van der Waals surface area (Å²) in [5.41, 5.74) is 4.03. The fourth-order valence-electron chi connectivity index (χ4n) is 4.63. The number of aliphatic hydroxyl groups is 2. The van der Waals surface area contributed by atoms with Gasteiger partial charge in [0.15, 0.2) is 0 Å². The van der Waals surface area contributed by atoms with Crippen molar-refractivity contribution in [2.24, 2.45) is 5.92 Å². The molecule has 1 saturated heterocycles. The molecule has 1 amide bonds. The molecule has 2 aliphatic heterocycles. The molecule has 3 N–H and O–H groups in total. The van der Waals surface area contributed by atoms with E-state index in [0.29, 0.717) is 25.6 Å². The van der Waals surface area contributed by atoms with Gasteiger partial charge in [0.25, 0.3) is 0 Å². The van der Waals surface area contributed by atoms with Crippen molar-refractivity contribution in [1.82, 2.24) is 20.0 Å². The summed E-state index contributed by atoms with van der Waals surface area (Å²) in [6.45, 7) is 3.96. The Balaban J connectivity index is 1.26. The van der Waals surface area contributed by atoms with Crippen LogP contribution in [0.2, 0.25) is 0 Å². The van der Waals surface area contributed by atoms with Crippen LogP contribution in [0.3, 0.4) is 0 Å². The van der Waals surface area contributed by atoms with E-state index in [1.807, 2.05) is 4.90 Å². The lowest BCUT2D eigenvalue weighted by atomic mass is 9.90. The van der Waals surface area contributed by atoms with Gasteiger partial charge in [0.1, 0.15) is 0 Å². The molecule has 27 heavy (non-hydrogen) atoms. The van der Waals surface area contributed by atoms with Crippen molar-refractivity contribution in [2.45, 2.75) is 57.0 Å². The number of carbonyl (C=O) groups excluding carboxylic acids is 1. The van der Waals surface area contributed by atoms with E-state index in [0.717, 1.165) is 38.8 Å². The van der Waals surface area contributed by atoms with E-state index >= 15 is 0 Å². The van der Waals surface area contributed by atoms with Crippen LogP contribution < -0.4 is 0 Å². The first-order valence-corrected chi connectivity index (χ1v) is 10.5. The van der Waals surface area contributed by atoms with E-state index in [-0.39, 0.29) is 31.0 Å². The number of amides is 1. The summed E-state index contributed by atoms with van der Waals surface area (Å²) in [5.74, 6) is 0.966. The third kappa shape index (κ3) is 4.36. The monoisotopic (exact) mass is 376 g/mol. The summed E-state index contributed by atoms with van der Waals surface area (Å²) in [6, 6.07) is 0. The Kier molecular flexibility index (Phi) is 5.80. The molecule has 4 rings (SSSR count). The van der Waals surface area contributed by atoms with Crippen LogP contribution in [0.1, 0.15) is 55.0 Å². The molecule has 1 saturated carbocycles. The number of aromatic amines is 1. The number of hydrogen-bond donors (Lipinski definition) is 3. The average Bonchev–Trinajstić information content (AvgIpc) is 3.48. The molecule has 1 aliphatic carbocycles. The minimum Gasteiger partial charge on any atom is -0.396 e. The van der Waals surface area contributed by atoms with E-state index in [1.54, 1.807) is 0 Å². The highest BCUT2D eigenvalue weighted by atomic mass is 16.3. The third-order valence-corrected chi connectivity index (χ3v) is 6.51. The summed E-state index contributed by atoms with van der Waals surface area (Å²) in [4.78, 5) is 16.1. The fourth-order valence-corrected chi connectivity index (χ4v) is 4.63. The highest BCUT2D eigenvalue weighted by Gasteiger charge is 2.32. The van der Waals surface area contributed by atoms with E-state index in [4.69, 9.17) is 5.11 Å². The maximum absolute atomic E-state index is 11.9. The number of aliphatic hydroxyl groups excluding tert-OH is 2. The number of H-pyrrole nitrogens is 1. The Morgan fingerprint density at radius 2 is 1.89 bits per heavy atom. The van der Waals surface area contributed by atoms with Crippen molar-refractivity contribution in [3.63, 3.8) is 0 Å². The van der Waals surface area contributed by atoms with Crippen LogP contribution in [0.15, 0.2) is 0 Å². The molecule has 0 spiro atoms. The number of hydrogen-bond acceptors (Lipinski definition) is 5. The Morgan fingerprint density at radius 1 is 1.15 bits per heavy atom. The van der Waals surface area contributed by atoms with Crippen LogP contribution in [0.25, 0.3) is 0 Å². The molecule has 7 heteroatoms. The molecule has 7 nitrogen and oxygen atoms in total. The van der Waals surface area contributed by atoms with Crippen molar-refractivity contribution < 1.29 is 15.0 Å². The average molecular weight is 377 g/mol. The van der Waals surface area contributed by atoms with Crippen molar-refractivity contribution in [3.8, 4) is 0 Å². The number of fused-ring (bicyclic) bond motifs is 1. The predicted octanol–water partition coefficient (Wildman–Crippen LogP) is 0.670. The lowest BCUT2D eigenvalue weighted by molar-refractivity contribution is -0.133. The molecular formula is C20H32N4O3. The second-order valence-electron chi connectivity index (χ2n) is 8.40. The zero-order valence-electron chi connectivity index (χ0n) is 16.1. The molecule has 1 aromatic heterocycles. The summed E-state index contributed by atoms with van der Waals surface area (Å²) in [6.07, 6.45) is 6.13. The predicted molar refractivity (Wildman–Crippen MR) is 101 cm³/mol. The molecule has 150 valence electrons. The van der Waals surface area contributed by atoms with Crippen LogP contribution >= 0.6 is 0 Å². The van der Waals surface area contributed by atoms with Crippen LogP contribution in [0.4, 0.5) is 0 Å². The minimum atomic E-state index is -0.336. The Hall–Kier alpha value is -1.44. The van der Waals surface area contributed by atoms with Crippen molar-refractivity contribution in [3.05, 3.63) is 17.0 Å². The van der Waals surface area contributed by atoms with Gasteiger partial charge in [0, 0.05) is 57.2 Å². The Labute approximate surface area is 160 Å². The number of aromatic nitrogens is 2. The summed E-state index contributed by atoms with van der Waals surface area (Å²) < 4.78 is 0. The molecule has 1 atom stereocenters. The second-order valence-corrected chi connectivity index (χ2v) is 8.40. The largest absolute Gasteiger partial charge is 0.396 e. The number of nitrogens with one attached hydrogen (secondary N) is 1. The standard InChI is InChI=1S/C20H32N4O3/c25-12-7-19(27)24-10-3-14(4-11-24)18(26)13-23-8-5-16-17(6-9-23)21-22-20(16)15-1-2-15/h14-15,18,25-26H,1-13H2,(H,21,22). The van der Waals surface area contributed by atoms with Gasteiger partial charge in [-0.15, -0.1) is 0 Å². The van der Waals surface area contributed by atoms with Crippen molar-refractivity contribution in [1.29, 1.82) is 0 Å².